The summed E-state index contributed by atoms with van der Waals surface area (Å²) in [6.45, 7) is 6.67. The predicted molar refractivity (Wildman–Crippen MR) is 81.1 cm³/mol. The molecule has 7 nitrogen and oxygen atoms in total. The summed E-state index contributed by atoms with van der Waals surface area (Å²) in [4.78, 5) is 31.1. The fourth-order valence-corrected chi connectivity index (χ4v) is 2.76. The molecule has 0 radical (unpaired) electrons. The van der Waals surface area contributed by atoms with Crippen LogP contribution in [0, 0.1) is 0 Å². The highest BCUT2D eigenvalue weighted by atomic mass is 16.5. The van der Waals surface area contributed by atoms with Gasteiger partial charge in [0.25, 0.3) is 11.5 Å². The number of carbonyl (C=O) groups excluding carboxylic acids is 1. The van der Waals surface area contributed by atoms with Gasteiger partial charge in [-0.2, -0.15) is 0 Å². The van der Waals surface area contributed by atoms with Crippen LogP contribution in [0.2, 0.25) is 0 Å². The van der Waals surface area contributed by atoms with E-state index >= 15 is 0 Å². The lowest BCUT2D eigenvalue weighted by molar-refractivity contribution is 0.0584. The molecule has 118 valence electrons. The third-order valence-corrected chi connectivity index (χ3v) is 4.08. The number of ether oxygens (including phenoxy) is 1. The Morgan fingerprint density at radius 3 is 2.73 bits per heavy atom. The lowest BCUT2D eigenvalue weighted by atomic mass is 10.1. The first-order valence-corrected chi connectivity index (χ1v) is 7.38. The lowest BCUT2D eigenvalue weighted by Gasteiger charge is -2.22. The van der Waals surface area contributed by atoms with Crippen molar-refractivity contribution in [1.29, 1.82) is 0 Å². The molecule has 3 rings (SSSR count). The van der Waals surface area contributed by atoms with Crippen molar-refractivity contribution in [2.45, 2.75) is 39.3 Å². The fourth-order valence-electron chi connectivity index (χ4n) is 2.76. The maximum Gasteiger partial charge on any atom is 0.278 e. The molecule has 0 bridgehead atoms. The number of nitrogens with one attached hydrogen (secondary N) is 1. The Labute approximate surface area is 127 Å². The van der Waals surface area contributed by atoms with Gasteiger partial charge >= 0.3 is 0 Å². The number of aromatic amines is 1. The van der Waals surface area contributed by atoms with Crippen LogP contribution in [0.25, 0.3) is 5.65 Å². The van der Waals surface area contributed by atoms with Crippen LogP contribution in [-0.4, -0.2) is 45.2 Å². The smallest absolute Gasteiger partial charge is 0.278 e. The molecule has 1 amide bonds. The van der Waals surface area contributed by atoms with Crippen LogP contribution >= 0.6 is 0 Å². The monoisotopic (exact) mass is 304 g/mol. The van der Waals surface area contributed by atoms with E-state index in [0.717, 1.165) is 5.69 Å². The Morgan fingerprint density at radius 1 is 1.36 bits per heavy atom. The van der Waals surface area contributed by atoms with E-state index in [1.807, 2.05) is 26.8 Å². The molecule has 22 heavy (non-hydrogen) atoms. The molecule has 0 aromatic carbocycles. The molecular weight excluding hydrogens is 284 g/mol. The summed E-state index contributed by atoms with van der Waals surface area (Å²) in [5.41, 5.74) is 1.92. The SMILES string of the molecule is COC[C@H](C)N1Cc2c(nc3cc(C(C)C)[nH]n3c2=O)C1=O. The molecular formula is C15H20N4O3. The normalized spacial score (nSPS) is 15.9. The molecule has 1 aliphatic heterocycles. The van der Waals surface area contributed by atoms with Crippen molar-refractivity contribution in [3.05, 3.63) is 33.4 Å². The van der Waals surface area contributed by atoms with E-state index in [-0.39, 0.29) is 35.7 Å². The minimum atomic E-state index is -0.202. The van der Waals surface area contributed by atoms with Gasteiger partial charge in [0.05, 0.1) is 24.8 Å². The van der Waals surface area contributed by atoms with E-state index in [1.165, 1.54) is 4.52 Å². The van der Waals surface area contributed by atoms with Gasteiger partial charge in [0.15, 0.2) is 5.65 Å². The number of hydrogen-bond acceptors (Lipinski definition) is 4. The van der Waals surface area contributed by atoms with E-state index < -0.39 is 0 Å². The Kier molecular flexibility index (Phi) is 3.52. The molecule has 3 heterocycles. The molecule has 0 fully saturated rings. The second kappa shape index (κ2) is 5.24. The molecule has 0 saturated carbocycles. The molecule has 0 aliphatic carbocycles. The number of hydrogen-bond donors (Lipinski definition) is 1. The standard InChI is InChI=1S/C15H20N4O3/c1-8(2)11-5-12-16-13-10(14(20)19(12)17-11)6-18(15(13)21)9(3)7-22-4/h5,8-9,17H,6-7H2,1-4H3/t9-/m0/s1. The Morgan fingerprint density at radius 2 is 2.09 bits per heavy atom. The van der Waals surface area contributed by atoms with Gasteiger partial charge in [-0.15, -0.1) is 0 Å². The van der Waals surface area contributed by atoms with Gasteiger partial charge in [-0.3, -0.25) is 14.7 Å². The van der Waals surface area contributed by atoms with E-state index in [4.69, 9.17) is 4.74 Å². The first-order chi connectivity index (χ1) is 10.4. The minimum absolute atomic E-state index is 0.0966. The second-order valence-corrected chi connectivity index (χ2v) is 6.04. The van der Waals surface area contributed by atoms with E-state index in [9.17, 15) is 9.59 Å². The largest absolute Gasteiger partial charge is 0.383 e. The Balaban J connectivity index is 2.08. The van der Waals surface area contributed by atoms with Crippen molar-refractivity contribution in [2.24, 2.45) is 0 Å². The van der Waals surface area contributed by atoms with Crippen LogP contribution in [0.5, 0.6) is 0 Å². The maximum atomic E-state index is 12.6. The Bertz CT molecular complexity index is 790. The second-order valence-electron chi connectivity index (χ2n) is 6.04. The van der Waals surface area contributed by atoms with E-state index in [1.54, 1.807) is 12.0 Å². The number of aromatic nitrogens is 3. The van der Waals surface area contributed by atoms with Gasteiger partial charge in [-0.05, 0) is 12.8 Å². The molecule has 0 spiro atoms. The number of H-pyrrole nitrogens is 1. The molecule has 2 aromatic heterocycles. The molecule has 1 aliphatic rings. The van der Waals surface area contributed by atoms with Gasteiger partial charge in [0.1, 0.15) is 5.69 Å². The van der Waals surface area contributed by atoms with Gasteiger partial charge < -0.3 is 9.64 Å². The number of rotatable bonds is 4. The Hall–Kier alpha value is -2.15. The quantitative estimate of drug-likeness (QED) is 0.918. The van der Waals surface area contributed by atoms with Crippen molar-refractivity contribution in [3.63, 3.8) is 0 Å². The van der Waals surface area contributed by atoms with Crippen molar-refractivity contribution in [3.8, 4) is 0 Å². The highest BCUT2D eigenvalue weighted by Crippen LogP contribution is 2.22. The highest BCUT2D eigenvalue weighted by molar-refractivity contribution is 5.97. The van der Waals surface area contributed by atoms with Crippen molar-refractivity contribution < 1.29 is 9.53 Å². The van der Waals surface area contributed by atoms with Crippen LogP contribution in [0.1, 0.15) is 48.4 Å². The number of methoxy groups -OCH3 is 1. The number of carbonyl (C=O) groups is 1. The molecule has 2 aromatic rings. The topological polar surface area (TPSA) is 79.7 Å². The number of nitrogens with zero attached hydrogens (tertiary/aromatic N) is 3. The molecule has 7 heteroatoms. The zero-order valence-corrected chi connectivity index (χ0v) is 13.2. The fraction of sp³-hybridized carbons (Fsp3) is 0.533. The van der Waals surface area contributed by atoms with Crippen LogP contribution in [0.4, 0.5) is 0 Å². The summed E-state index contributed by atoms with van der Waals surface area (Å²) in [6.07, 6.45) is 0. The summed E-state index contributed by atoms with van der Waals surface area (Å²) in [7, 11) is 1.59. The third-order valence-electron chi connectivity index (χ3n) is 4.08. The average molecular weight is 304 g/mol. The van der Waals surface area contributed by atoms with E-state index in [0.29, 0.717) is 17.8 Å². The zero-order valence-electron chi connectivity index (χ0n) is 13.2. The van der Waals surface area contributed by atoms with E-state index in [2.05, 4.69) is 10.1 Å². The van der Waals surface area contributed by atoms with Crippen molar-refractivity contribution >= 4 is 11.6 Å². The maximum absolute atomic E-state index is 12.6. The first-order valence-electron chi connectivity index (χ1n) is 7.38. The van der Waals surface area contributed by atoms with Crippen LogP contribution in [0.15, 0.2) is 10.9 Å². The van der Waals surface area contributed by atoms with Crippen LogP contribution in [-0.2, 0) is 11.3 Å². The molecule has 0 saturated heterocycles. The summed E-state index contributed by atoms with van der Waals surface area (Å²) in [5.74, 6) is 0.0521. The third kappa shape index (κ3) is 2.12. The van der Waals surface area contributed by atoms with Crippen molar-refractivity contribution in [2.75, 3.05) is 13.7 Å². The van der Waals surface area contributed by atoms with Gasteiger partial charge in [0.2, 0.25) is 0 Å². The molecule has 1 N–H and O–H groups in total. The first kappa shape index (κ1) is 14.8. The highest BCUT2D eigenvalue weighted by Gasteiger charge is 2.35. The summed E-state index contributed by atoms with van der Waals surface area (Å²) in [6, 6.07) is 1.72. The number of fused-ring (bicyclic) bond motifs is 2. The van der Waals surface area contributed by atoms with Gasteiger partial charge in [-0.1, -0.05) is 13.8 Å². The number of amides is 1. The van der Waals surface area contributed by atoms with Crippen LogP contribution in [0.3, 0.4) is 0 Å². The summed E-state index contributed by atoms with van der Waals surface area (Å²) < 4.78 is 6.52. The average Bonchev–Trinajstić information content (AvgIpc) is 3.03. The molecule has 1 atom stereocenters. The predicted octanol–water partition coefficient (Wildman–Crippen LogP) is 1.14. The summed E-state index contributed by atoms with van der Waals surface area (Å²) in [5, 5.41) is 3.06. The van der Waals surface area contributed by atoms with Gasteiger partial charge in [-0.25, -0.2) is 9.50 Å². The molecule has 0 unspecified atom stereocenters. The minimum Gasteiger partial charge on any atom is -0.383 e. The van der Waals surface area contributed by atoms with Crippen LogP contribution < -0.4 is 5.56 Å². The van der Waals surface area contributed by atoms with Gasteiger partial charge in [0, 0.05) is 18.9 Å². The zero-order chi connectivity index (χ0) is 16.0. The summed E-state index contributed by atoms with van der Waals surface area (Å²) >= 11 is 0. The lowest BCUT2D eigenvalue weighted by Crippen LogP contribution is -2.36. The van der Waals surface area contributed by atoms with Crippen molar-refractivity contribution in [1.82, 2.24) is 19.5 Å².